The zero-order valence-corrected chi connectivity index (χ0v) is 54.3. The monoisotopic (exact) mass is 1300 g/mol. The maximum Gasteiger partial charge on any atom is 0.329 e. The van der Waals surface area contributed by atoms with Gasteiger partial charge in [-0.25, -0.2) is 9.59 Å². The second kappa shape index (κ2) is 26.4. The number of nitrogens with zero attached hydrogens (tertiary/aromatic N) is 2. The highest BCUT2D eigenvalue weighted by molar-refractivity contribution is 6.45. The van der Waals surface area contributed by atoms with Crippen LogP contribution in [0.5, 0.6) is 46.0 Å². The number of hydrogen-bond donors (Lipinski definition) is 0. The fourth-order valence-corrected chi connectivity index (χ4v) is 12.4. The molecule has 9 aromatic carbocycles. The number of epoxide rings is 2. The molecule has 4 aliphatic heterocycles. The first-order valence-electron chi connectivity index (χ1n) is 32.2. The van der Waals surface area contributed by atoms with Crippen LogP contribution in [0.15, 0.2) is 121 Å². The number of amides is 4. The molecule has 4 unspecified atom stereocenters. The minimum absolute atomic E-state index is 0.0329. The Kier molecular flexibility index (Phi) is 17.7. The highest BCUT2D eigenvalue weighted by Crippen LogP contribution is 2.58. The number of carbonyl (C=O) groups is 8. The molecule has 9 aromatic rings. The lowest BCUT2D eigenvalue weighted by atomic mass is 9.80. The number of aryl methyl sites for hydroxylation is 4. The Labute approximate surface area is 552 Å². The van der Waals surface area contributed by atoms with E-state index in [9.17, 15) is 19.2 Å². The van der Waals surface area contributed by atoms with Gasteiger partial charge in [-0.2, -0.15) is 0 Å². The first-order valence-corrected chi connectivity index (χ1v) is 32.2. The minimum atomic E-state index is -1.51. The third-order valence-corrected chi connectivity index (χ3v) is 17.3. The summed E-state index contributed by atoms with van der Waals surface area (Å²) in [6.45, 7) is 15.3. The largest absolute Gasteiger partial charge is 0.464 e. The molecule has 0 radical (unpaired) electrons. The van der Waals surface area contributed by atoms with E-state index in [4.69, 9.17) is 47.4 Å². The zero-order chi connectivity index (χ0) is 67.4. The second-order valence-electron chi connectivity index (χ2n) is 25.7. The van der Waals surface area contributed by atoms with Crippen LogP contribution in [0.4, 0.5) is 0 Å². The van der Waals surface area contributed by atoms with Crippen molar-refractivity contribution in [2.24, 2.45) is 11.8 Å². The molecule has 96 heavy (non-hydrogen) atoms. The van der Waals surface area contributed by atoms with Gasteiger partial charge in [-0.15, -0.1) is 0 Å². The third kappa shape index (κ3) is 13.0. The molecule has 4 amide bonds. The van der Waals surface area contributed by atoms with Crippen LogP contribution in [-0.2, 0) is 47.6 Å². The molecule has 4 aliphatic rings. The number of rotatable bonds is 26. The van der Waals surface area contributed by atoms with Gasteiger partial charge in [0.25, 0.3) is 23.6 Å². The summed E-state index contributed by atoms with van der Waals surface area (Å²) in [5.74, 6) is -5.65. The van der Waals surface area contributed by atoms with E-state index in [1.165, 1.54) is 24.3 Å². The van der Waals surface area contributed by atoms with Gasteiger partial charge in [0.05, 0.1) is 48.3 Å². The summed E-state index contributed by atoms with van der Waals surface area (Å²) in [6, 6.07) is 31.9. The Morgan fingerprint density at radius 1 is 0.396 bits per heavy atom. The molecule has 0 saturated carbocycles. The quantitative estimate of drug-likeness (QED) is 0.0122. The standard InChI is InChI=1S/C76H70N2O18/c1-39(2)29-55(75(85)87-27-25-61(79)91-37-49-35-89-49)77-71(81)51-31-57(93-45-17-9-41(5)10-18-45)65-67-59(95-47-21-13-43(7)14-22-47)33-53-64-54(74(84)78(73(53)83)56(30-40(3)4)76(86)88-28-26-62(80)92-38-50-36-90-50)34-60(96-48-23-15-44(8)16-24-48)68(70(64)67)66-58(94-46-19-11-42(6)12-20-46)32-52(72(77)82)63(51)69(65)66/h9-24,31-34,39-40,49-50,55-56H,25-30,35-38H2,1-8H3. The smallest absolute Gasteiger partial charge is 0.329 e. The molecule has 0 aromatic heterocycles. The average molecular weight is 1300 g/mol. The highest BCUT2D eigenvalue weighted by atomic mass is 16.6. The molecule has 2 fully saturated rings. The minimum Gasteiger partial charge on any atom is -0.464 e. The molecule has 0 spiro atoms. The lowest BCUT2D eigenvalue weighted by Crippen LogP contribution is -2.51. The molecular formula is C76H70N2O18. The summed E-state index contributed by atoms with van der Waals surface area (Å²) in [5.41, 5.74) is 3.45. The van der Waals surface area contributed by atoms with Crippen molar-refractivity contribution in [1.82, 2.24) is 9.80 Å². The van der Waals surface area contributed by atoms with Crippen molar-refractivity contribution in [3.05, 3.63) is 166 Å². The fourth-order valence-electron chi connectivity index (χ4n) is 12.4. The van der Waals surface area contributed by atoms with Gasteiger partial charge in [0.1, 0.15) is 96.7 Å². The normalized spacial score (nSPS) is 16.2. The van der Waals surface area contributed by atoms with Gasteiger partial charge in [-0.3, -0.25) is 38.6 Å². The number of carbonyl (C=O) groups excluding carboxylic acids is 8. The van der Waals surface area contributed by atoms with Gasteiger partial charge >= 0.3 is 23.9 Å². The van der Waals surface area contributed by atoms with Crippen LogP contribution < -0.4 is 18.9 Å². The van der Waals surface area contributed by atoms with Crippen LogP contribution in [0.2, 0.25) is 0 Å². The Morgan fingerprint density at radius 2 is 0.656 bits per heavy atom. The predicted octanol–water partition coefficient (Wildman–Crippen LogP) is 13.9. The van der Waals surface area contributed by atoms with Crippen molar-refractivity contribution in [3.8, 4) is 46.0 Å². The number of benzene rings is 9. The molecule has 13 rings (SSSR count). The molecule has 2 saturated heterocycles. The van der Waals surface area contributed by atoms with Crippen LogP contribution in [0.1, 0.15) is 117 Å². The third-order valence-electron chi connectivity index (χ3n) is 17.3. The molecule has 20 nitrogen and oxygen atoms in total. The topological polar surface area (TPSA) is 242 Å². The summed E-state index contributed by atoms with van der Waals surface area (Å²) < 4.78 is 60.8. The Hall–Kier alpha value is -10.4. The SMILES string of the molecule is Cc1ccc(Oc2cc3c4c(cc(Oc5ccc(C)cc5)c5c6c(Oc7ccc(C)cc7)cc7c8c(cc(Oc9ccc(C)cc9)c(c2c45)c86)C(=O)N(C(CC(C)C)C(=O)OCCC(=O)OCC2CO2)C7=O)C(=O)N(C(CC(C)C)C(=O)OCCC(=O)OCC2CO2)C3=O)cc1. The van der Waals surface area contributed by atoms with Gasteiger partial charge in [0, 0.05) is 43.1 Å². The number of ether oxygens (including phenoxy) is 10. The van der Waals surface area contributed by atoms with Crippen LogP contribution in [0.3, 0.4) is 0 Å². The van der Waals surface area contributed by atoms with Crippen LogP contribution >= 0.6 is 0 Å². The number of fused-ring (bicyclic) bond motifs is 2. The highest BCUT2D eigenvalue weighted by Gasteiger charge is 2.47. The van der Waals surface area contributed by atoms with Crippen molar-refractivity contribution in [1.29, 1.82) is 0 Å². The molecule has 4 heterocycles. The van der Waals surface area contributed by atoms with Gasteiger partial charge in [0.15, 0.2) is 0 Å². The molecule has 0 aliphatic carbocycles. The van der Waals surface area contributed by atoms with Crippen molar-refractivity contribution in [2.45, 2.75) is 105 Å². The van der Waals surface area contributed by atoms with E-state index in [-0.39, 0.29) is 151 Å². The fraction of sp³-hybridized carbons (Fsp3) is 0.316. The Bertz CT molecular complexity index is 4090. The van der Waals surface area contributed by atoms with Crippen molar-refractivity contribution in [2.75, 3.05) is 39.6 Å². The average Bonchev–Trinajstić information content (AvgIpc) is 1.08. The summed E-state index contributed by atoms with van der Waals surface area (Å²) in [5, 5.41) is 1.75. The summed E-state index contributed by atoms with van der Waals surface area (Å²) in [6.07, 6.45) is -1.02. The second-order valence-corrected chi connectivity index (χ2v) is 25.7. The Balaban J connectivity index is 1.10. The van der Waals surface area contributed by atoms with Crippen LogP contribution in [0.25, 0.3) is 43.1 Å². The maximum absolute atomic E-state index is 16.1. The summed E-state index contributed by atoms with van der Waals surface area (Å²) in [7, 11) is 0. The van der Waals surface area contributed by atoms with E-state index in [1.54, 1.807) is 48.5 Å². The van der Waals surface area contributed by atoms with E-state index >= 15 is 19.2 Å². The Morgan fingerprint density at radius 3 is 0.896 bits per heavy atom. The van der Waals surface area contributed by atoms with Gasteiger partial charge in [0.2, 0.25) is 0 Å². The predicted molar refractivity (Wildman–Crippen MR) is 353 cm³/mol. The zero-order valence-electron chi connectivity index (χ0n) is 54.3. The van der Waals surface area contributed by atoms with Gasteiger partial charge in [-0.1, -0.05) is 98.5 Å². The van der Waals surface area contributed by atoms with Gasteiger partial charge in [-0.05, 0) is 125 Å². The van der Waals surface area contributed by atoms with Crippen molar-refractivity contribution < 1.29 is 85.7 Å². The van der Waals surface area contributed by atoms with E-state index < -0.39 is 72.8 Å². The maximum atomic E-state index is 16.1. The van der Waals surface area contributed by atoms with Crippen molar-refractivity contribution >= 4 is 90.6 Å². The molecular weight excluding hydrogens is 1230 g/mol. The number of hydrogen-bond acceptors (Lipinski definition) is 18. The van der Waals surface area contributed by atoms with E-state index in [2.05, 4.69) is 0 Å². The molecule has 20 heteroatoms. The lowest BCUT2D eigenvalue weighted by Gasteiger charge is -2.36. The van der Waals surface area contributed by atoms with Crippen molar-refractivity contribution in [3.63, 3.8) is 0 Å². The lowest BCUT2D eigenvalue weighted by molar-refractivity contribution is -0.154. The first-order chi connectivity index (χ1) is 46.2. The van der Waals surface area contributed by atoms with E-state index in [0.29, 0.717) is 36.2 Å². The first kappa shape index (κ1) is 64.3. The summed E-state index contributed by atoms with van der Waals surface area (Å²) in [4.78, 5) is 121. The number of imide groups is 2. The number of esters is 4. The molecule has 4 atom stereocenters. The van der Waals surface area contributed by atoms with E-state index in [1.807, 2.05) is 104 Å². The van der Waals surface area contributed by atoms with Crippen LogP contribution in [-0.4, -0.2) is 121 Å². The molecule has 0 N–H and O–H groups in total. The van der Waals surface area contributed by atoms with Crippen LogP contribution in [0, 0.1) is 39.5 Å². The van der Waals surface area contributed by atoms with Gasteiger partial charge < -0.3 is 47.4 Å². The van der Waals surface area contributed by atoms with E-state index in [0.717, 1.165) is 32.1 Å². The molecule has 0 bridgehead atoms. The molecule has 492 valence electrons. The summed E-state index contributed by atoms with van der Waals surface area (Å²) >= 11 is 0.